The lowest BCUT2D eigenvalue weighted by Crippen LogP contribution is -2.53. The Morgan fingerprint density at radius 3 is 2.59 bits per heavy atom. The van der Waals surface area contributed by atoms with Crippen LogP contribution in [0.4, 0.5) is 14.6 Å². The quantitative estimate of drug-likeness (QED) is 0.0665. The van der Waals surface area contributed by atoms with Crippen LogP contribution < -0.4 is 29.7 Å². The third kappa shape index (κ3) is 9.53. The number of aliphatic hydroxyl groups excluding tert-OH is 2. The second kappa shape index (κ2) is 21.7. The number of benzene rings is 4. The maximum absolute atomic E-state index is 16.8. The van der Waals surface area contributed by atoms with Gasteiger partial charge in [0, 0.05) is 72.1 Å². The molecule has 7 atom stereocenters. The van der Waals surface area contributed by atoms with Gasteiger partial charge in [0.2, 0.25) is 11.8 Å². The molecule has 5 aliphatic rings. The van der Waals surface area contributed by atoms with Crippen LogP contribution in [-0.4, -0.2) is 143 Å². The number of anilines is 1. The number of likely N-dealkylation sites (tertiary alicyclic amines) is 1. The zero-order chi connectivity index (χ0) is 56.7. The van der Waals surface area contributed by atoms with E-state index in [0.717, 1.165) is 29.1 Å². The largest absolute Gasteiger partial charge is 0.489 e. The van der Waals surface area contributed by atoms with E-state index >= 15 is 8.78 Å². The maximum Gasteiger partial charge on any atom is 0.319 e. The Morgan fingerprint density at radius 2 is 1.83 bits per heavy atom. The summed E-state index contributed by atoms with van der Waals surface area (Å²) in [6, 6.07) is 10.8. The van der Waals surface area contributed by atoms with Gasteiger partial charge in [0.15, 0.2) is 11.5 Å². The van der Waals surface area contributed by atoms with Crippen LogP contribution in [0.1, 0.15) is 74.0 Å². The third-order valence-electron chi connectivity index (χ3n) is 16.7. The average Bonchev–Trinajstić information content (AvgIpc) is 4.45. The Kier molecular flexibility index (Phi) is 14.3. The number of nitrogens with one attached hydrogen (secondary N) is 3. The van der Waals surface area contributed by atoms with E-state index in [2.05, 4.69) is 41.0 Å². The molecule has 2 bridgehead atoms. The highest BCUT2D eigenvalue weighted by atomic mass is 35.5. The molecule has 20 nitrogen and oxygen atoms in total. The molecule has 0 aliphatic carbocycles. The van der Waals surface area contributed by atoms with Crippen molar-refractivity contribution in [3.63, 3.8) is 0 Å². The first-order chi connectivity index (χ1) is 39.7. The molecule has 8 aromatic rings. The number of aryl methyl sites for hydroxylation is 1. The molecule has 4 fully saturated rings. The van der Waals surface area contributed by atoms with Gasteiger partial charge in [-0.05, 0) is 55.0 Å². The van der Waals surface area contributed by atoms with E-state index in [9.17, 15) is 19.8 Å². The lowest BCUT2D eigenvalue weighted by atomic mass is 9.93. The number of rotatable bonds is 15. The molecule has 0 unspecified atom stereocenters. The normalized spacial score (nSPS) is 21.3. The highest BCUT2D eigenvalue weighted by Gasteiger charge is 2.50. The number of carbonyl (C=O) groups excluding carboxylic acids is 2. The zero-order valence-corrected chi connectivity index (χ0v) is 46.8. The molecule has 13 rings (SSSR count). The first kappa shape index (κ1) is 53.9. The predicted molar refractivity (Wildman–Crippen MR) is 301 cm³/mol. The van der Waals surface area contributed by atoms with Crippen molar-refractivity contribution in [1.82, 2.24) is 55.7 Å². The smallest absolute Gasteiger partial charge is 0.319 e. The minimum atomic E-state index is -1.04. The summed E-state index contributed by atoms with van der Waals surface area (Å²) in [6.07, 6.45) is 4.07. The van der Waals surface area contributed by atoms with Crippen LogP contribution in [0.2, 0.25) is 5.02 Å². The number of fused-ring (bicyclic) bond motifs is 7. The minimum Gasteiger partial charge on any atom is -0.489 e. The molecule has 82 heavy (non-hydrogen) atoms. The first-order valence-corrected chi connectivity index (χ1v) is 28.8. The van der Waals surface area contributed by atoms with Crippen LogP contribution >= 0.6 is 22.9 Å². The number of β-amino-alcohol motifs (C(OH)–C–C–N with tert-alkyl or cyclic N) is 1. The highest BCUT2D eigenvalue weighted by molar-refractivity contribution is 7.13. The molecule has 0 saturated carbocycles. The molecule has 2 amide bonds. The number of nitrogens with zero attached hydrogens (tertiary/aromatic N) is 9. The van der Waals surface area contributed by atoms with E-state index in [1.807, 2.05) is 45.0 Å². The molecule has 0 radical (unpaired) electrons. The van der Waals surface area contributed by atoms with Crippen molar-refractivity contribution in [2.45, 2.75) is 108 Å². The van der Waals surface area contributed by atoms with E-state index in [4.69, 9.17) is 40.5 Å². The van der Waals surface area contributed by atoms with Gasteiger partial charge in [-0.3, -0.25) is 14.7 Å². The topological polar surface area (TPSA) is 240 Å². The van der Waals surface area contributed by atoms with Gasteiger partial charge in [-0.1, -0.05) is 67.1 Å². The van der Waals surface area contributed by atoms with Crippen molar-refractivity contribution < 1.29 is 47.5 Å². The summed E-state index contributed by atoms with van der Waals surface area (Å²) < 4.78 is 60.0. The molecular weight excluding hydrogens is 1100 g/mol. The van der Waals surface area contributed by atoms with Crippen LogP contribution in [0.3, 0.4) is 0 Å². The summed E-state index contributed by atoms with van der Waals surface area (Å²) in [4.78, 5) is 47.7. The number of hydrogen-bond acceptors (Lipinski definition) is 17. The van der Waals surface area contributed by atoms with Crippen LogP contribution in [0, 0.1) is 31.4 Å². The van der Waals surface area contributed by atoms with E-state index in [1.165, 1.54) is 33.1 Å². The fourth-order valence-corrected chi connectivity index (χ4v) is 13.6. The Bertz CT molecular complexity index is 3780. The standard InChI is InChI=1S/C58H59ClF2N12O8S/c1-27(2)51(57(77)71-21-35(75)17-44(71)56(76)65-43(23-74)30-5-7-31(8-6-30)54-29(4)63-26-82-54)72-22-42(69-70-72)32-9-10-33(39(61)15-32)24-79-53-47(46-28(3)38(60)18-40-37(46)20-64-68-40)49(59)52-48-50(53)66-58(81-36-11-13-78-14-12-36)67-55(48)73-34-16-41(62-19-34)45(73)25-80-52/h5-10,15,18,20,22,26-27,34-36,41,43-45,51,62,74-75H,11-14,16-17,19,21,23-25H2,1-4H3,(H,64,68)(H,65,76)/t34-,35+,41-,43-,44-,45+,51-/m0/s1. The Morgan fingerprint density at radius 1 is 1.02 bits per heavy atom. The SMILES string of the molecule is Cc1ncsc1-c1ccc([C@H](CO)NC(=O)[C@@H]2C[C@@H](O)CN2C(=O)[C@H](C(C)C)n2cc(-c3ccc(COc4c(-c5c(C)c(F)cc6[nH]ncc56)c(Cl)c5c6c(nc(OC7CCOCC7)nc46)N4[C@@H]6CN[C@@H](C6)[C@H]4CO5)c(F)c3)nn2)cc1. The highest BCUT2D eigenvalue weighted by Crippen LogP contribution is 2.55. The number of hydrogen-bond donors (Lipinski definition) is 5. The summed E-state index contributed by atoms with van der Waals surface area (Å²) in [7, 11) is 0. The Hall–Kier alpha value is -7.41. The fraction of sp³-hybridized carbons (Fsp3) is 0.414. The van der Waals surface area contributed by atoms with Gasteiger partial charge < -0.3 is 49.6 Å². The number of H-pyrrole nitrogens is 1. The van der Waals surface area contributed by atoms with Gasteiger partial charge in [-0.15, -0.1) is 16.4 Å². The average molecular weight is 1160 g/mol. The molecule has 4 aromatic carbocycles. The molecular formula is C58H59ClF2N12O8S. The van der Waals surface area contributed by atoms with Crippen molar-refractivity contribution in [3.8, 4) is 50.3 Å². The molecule has 0 spiro atoms. The number of aliphatic hydroxyl groups is 2. The Labute approximate surface area is 478 Å². The summed E-state index contributed by atoms with van der Waals surface area (Å²) in [5.74, 6) is -1.51. The van der Waals surface area contributed by atoms with Crippen molar-refractivity contribution in [3.05, 3.63) is 105 Å². The second-order valence-electron chi connectivity index (χ2n) is 22.1. The van der Waals surface area contributed by atoms with Crippen molar-refractivity contribution in [1.29, 1.82) is 0 Å². The monoisotopic (exact) mass is 1160 g/mol. The molecule has 4 saturated heterocycles. The van der Waals surface area contributed by atoms with Crippen LogP contribution in [-0.2, 0) is 20.9 Å². The minimum absolute atomic E-state index is 0.0103. The van der Waals surface area contributed by atoms with Gasteiger partial charge in [-0.2, -0.15) is 15.1 Å². The number of carbonyl (C=O) groups is 2. The van der Waals surface area contributed by atoms with Gasteiger partial charge in [-0.25, -0.2) is 18.4 Å². The van der Waals surface area contributed by atoms with Gasteiger partial charge in [0.25, 0.3) is 0 Å². The summed E-state index contributed by atoms with van der Waals surface area (Å²) in [6.45, 7) is 8.46. The summed E-state index contributed by atoms with van der Waals surface area (Å²) >= 11 is 9.11. The molecule has 4 aromatic heterocycles. The molecule has 426 valence electrons. The predicted octanol–water partition coefficient (Wildman–Crippen LogP) is 7.56. The molecule has 5 N–H and O–H groups in total. The van der Waals surface area contributed by atoms with E-state index in [-0.39, 0.29) is 101 Å². The van der Waals surface area contributed by atoms with Gasteiger partial charge in [0.05, 0.1) is 82.4 Å². The second-order valence-corrected chi connectivity index (χ2v) is 23.3. The van der Waals surface area contributed by atoms with Crippen molar-refractivity contribution >= 4 is 62.4 Å². The van der Waals surface area contributed by atoms with Crippen molar-refractivity contribution in [2.24, 2.45) is 5.92 Å². The first-order valence-electron chi connectivity index (χ1n) is 27.5. The van der Waals surface area contributed by atoms with E-state index in [0.29, 0.717) is 70.6 Å². The van der Waals surface area contributed by atoms with Crippen LogP contribution in [0.15, 0.2) is 66.4 Å². The number of thiazole rings is 1. The van der Waals surface area contributed by atoms with Gasteiger partial charge >= 0.3 is 6.01 Å². The fourth-order valence-electron chi connectivity index (χ4n) is 12.5. The van der Waals surface area contributed by atoms with E-state index < -0.39 is 54.3 Å². The third-order valence-corrected chi connectivity index (χ3v) is 18.0. The molecule has 9 heterocycles. The number of piperazine rings is 1. The maximum atomic E-state index is 16.8. The lowest BCUT2D eigenvalue weighted by molar-refractivity contribution is -0.142. The number of halogens is 3. The molecule has 5 aliphatic heterocycles. The number of ether oxygens (including phenoxy) is 4. The zero-order valence-electron chi connectivity index (χ0n) is 45.2. The lowest BCUT2D eigenvalue weighted by Gasteiger charge is -2.35. The number of amides is 2. The van der Waals surface area contributed by atoms with Crippen LogP contribution in [0.25, 0.3) is 54.6 Å². The number of aromatic amines is 1. The molecule has 24 heteroatoms. The summed E-state index contributed by atoms with van der Waals surface area (Å²) in [5, 5.41) is 44.9. The van der Waals surface area contributed by atoms with E-state index in [1.54, 1.807) is 37.0 Å². The Balaban J connectivity index is 0.798. The van der Waals surface area contributed by atoms with Crippen LogP contribution in [0.5, 0.6) is 17.5 Å². The van der Waals surface area contributed by atoms with Crippen molar-refractivity contribution in [2.75, 3.05) is 44.4 Å². The van der Waals surface area contributed by atoms with Gasteiger partial charge in [0.1, 0.15) is 60.1 Å². The summed E-state index contributed by atoms with van der Waals surface area (Å²) in [5.41, 5.74) is 6.69. The number of aromatic nitrogens is 8.